The molecule has 0 bridgehead atoms. The van der Waals surface area contributed by atoms with E-state index in [-0.39, 0.29) is 6.54 Å². The van der Waals surface area contributed by atoms with Gasteiger partial charge in [0.15, 0.2) is 5.69 Å². The smallest absolute Gasteiger partial charge is 0.199 e. The predicted octanol–water partition coefficient (Wildman–Crippen LogP) is 1.37. The zero-order valence-electron chi connectivity index (χ0n) is 6.94. The Morgan fingerprint density at radius 2 is 1.75 bits per heavy atom. The van der Waals surface area contributed by atoms with Gasteiger partial charge < -0.3 is 5.73 Å². The SMILES string of the molecule is CC[N+](O)(O)c1ccc(N)cc1. The molecule has 0 atom stereocenters. The van der Waals surface area contributed by atoms with Crippen LogP contribution in [0.3, 0.4) is 0 Å². The van der Waals surface area contributed by atoms with E-state index in [4.69, 9.17) is 5.73 Å². The third-order valence-electron chi connectivity index (χ3n) is 1.75. The number of hydroxylamine groups is 2. The highest BCUT2D eigenvalue weighted by atomic mass is 16.8. The largest absolute Gasteiger partial charge is 0.399 e. The molecule has 0 spiro atoms. The molecule has 0 saturated carbocycles. The van der Waals surface area contributed by atoms with Crippen molar-refractivity contribution in [3.05, 3.63) is 24.3 Å². The Balaban J connectivity index is 2.96. The molecule has 0 amide bonds. The third-order valence-corrected chi connectivity index (χ3v) is 1.75. The van der Waals surface area contributed by atoms with Crippen molar-refractivity contribution in [1.82, 2.24) is 4.81 Å². The normalized spacial score (nSPS) is 11.6. The van der Waals surface area contributed by atoms with Crippen LogP contribution in [0.15, 0.2) is 24.3 Å². The first-order valence-corrected chi connectivity index (χ1v) is 3.76. The number of nitrogen functional groups attached to an aromatic ring is 1. The fourth-order valence-corrected chi connectivity index (χ4v) is 0.896. The minimum absolute atomic E-state index is 0.198. The summed E-state index contributed by atoms with van der Waals surface area (Å²) in [5, 5.41) is 18.7. The fraction of sp³-hybridized carbons (Fsp3) is 0.250. The van der Waals surface area contributed by atoms with Crippen molar-refractivity contribution in [1.29, 1.82) is 0 Å². The number of hydrogen-bond acceptors (Lipinski definition) is 3. The Kier molecular flexibility index (Phi) is 2.32. The lowest BCUT2D eigenvalue weighted by Crippen LogP contribution is -2.41. The zero-order chi connectivity index (χ0) is 9.19. The molecule has 1 aromatic carbocycles. The summed E-state index contributed by atoms with van der Waals surface area (Å²) in [5.74, 6) is 0. The minimum atomic E-state index is -1.10. The topological polar surface area (TPSA) is 66.5 Å². The molecule has 0 aliphatic carbocycles. The molecule has 0 radical (unpaired) electrons. The van der Waals surface area contributed by atoms with Crippen LogP contribution in [0.2, 0.25) is 0 Å². The van der Waals surface area contributed by atoms with Crippen molar-refractivity contribution < 1.29 is 10.4 Å². The van der Waals surface area contributed by atoms with Crippen molar-refractivity contribution >= 4 is 11.4 Å². The molecule has 0 heterocycles. The average Bonchev–Trinajstić information content (AvgIpc) is 2.05. The van der Waals surface area contributed by atoms with Gasteiger partial charge in [-0.05, 0) is 23.9 Å². The standard InChI is InChI=1S/C8H13N2O2/c1-2-10(11,12)8-5-3-7(9)4-6-8/h3-6,11-12H,2,9H2,1H3/q+1. The molecule has 0 unspecified atom stereocenters. The second-order valence-corrected chi connectivity index (χ2v) is 2.64. The zero-order valence-corrected chi connectivity index (χ0v) is 6.94. The van der Waals surface area contributed by atoms with Gasteiger partial charge in [-0.2, -0.15) is 10.4 Å². The number of anilines is 1. The van der Waals surface area contributed by atoms with E-state index in [0.717, 1.165) is 0 Å². The molecule has 0 saturated heterocycles. The number of rotatable bonds is 2. The maximum Gasteiger partial charge on any atom is 0.199 e. The number of nitrogens with zero attached hydrogens (tertiary/aromatic N) is 1. The molecular weight excluding hydrogens is 156 g/mol. The van der Waals surface area contributed by atoms with Gasteiger partial charge >= 0.3 is 0 Å². The highest BCUT2D eigenvalue weighted by Gasteiger charge is 2.23. The molecule has 66 valence electrons. The van der Waals surface area contributed by atoms with Gasteiger partial charge in [0.1, 0.15) is 6.54 Å². The van der Waals surface area contributed by atoms with Crippen LogP contribution in [0.25, 0.3) is 0 Å². The van der Waals surface area contributed by atoms with Crippen LogP contribution < -0.4 is 10.5 Å². The summed E-state index contributed by atoms with van der Waals surface area (Å²) in [6.45, 7) is 1.88. The van der Waals surface area contributed by atoms with Crippen molar-refractivity contribution in [3.8, 4) is 0 Å². The Hall–Kier alpha value is -1.10. The summed E-state index contributed by atoms with van der Waals surface area (Å²) in [7, 11) is 0. The maximum atomic E-state index is 9.34. The first-order valence-electron chi connectivity index (χ1n) is 3.76. The van der Waals surface area contributed by atoms with Gasteiger partial charge in [0.05, 0.1) is 0 Å². The van der Waals surface area contributed by atoms with Gasteiger partial charge in [-0.25, -0.2) is 0 Å². The van der Waals surface area contributed by atoms with Crippen LogP contribution in [0.4, 0.5) is 11.4 Å². The van der Waals surface area contributed by atoms with Gasteiger partial charge in [0, 0.05) is 17.8 Å². The summed E-state index contributed by atoms with van der Waals surface area (Å²) in [6.07, 6.45) is 0. The highest BCUT2D eigenvalue weighted by Crippen LogP contribution is 2.18. The van der Waals surface area contributed by atoms with Crippen LogP contribution in [0.1, 0.15) is 6.92 Å². The quantitative estimate of drug-likeness (QED) is 0.356. The van der Waals surface area contributed by atoms with Crippen molar-refractivity contribution in [2.75, 3.05) is 12.3 Å². The summed E-state index contributed by atoms with van der Waals surface area (Å²) >= 11 is 0. The Morgan fingerprint density at radius 1 is 1.25 bits per heavy atom. The predicted molar refractivity (Wildman–Crippen MR) is 46.8 cm³/mol. The Labute approximate surface area is 71.0 Å². The Bertz CT molecular complexity index is 256. The molecule has 12 heavy (non-hydrogen) atoms. The first-order chi connectivity index (χ1) is 5.56. The van der Waals surface area contributed by atoms with Gasteiger partial charge in [-0.15, -0.1) is 0 Å². The number of benzene rings is 1. The number of hydrogen-bond donors (Lipinski definition) is 3. The van der Waals surface area contributed by atoms with Gasteiger partial charge in [-0.1, -0.05) is 0 Å². The van der Waals surface area contributed by atoms with Crippen LogP contribution >= 0.6 is 0 Å². The average molecular weight is 169 g/mol. The molecule has 1 aromatic rings. The van der Waals surface area contributed by atoms with Crippen LogP contribution in [-0.4, -0.2) is 17.0 Å². The number of nitrogens with two attached hydrogens (primary N) is 1. The minimum Gasteiger partial charge on any atom is -0.399 e. The molecule has 4 nitrogen and oxygen atoms in total. The fourth-order valence-electron chi connectivity index (χ4n) is 0.896. The summed E-state index contributed by atoms with van der Waals surface area (Å²) < 4.78 is 0. The lowest BCUT2D eigenvalue weighted by Gasteiger charge is -2.18. The van der Waals surface area contributed by atoms with E-state index in [1.807, 2.05) is 0 Å². The third kappa shape index (κ3) is 1.73. The summed E-state index contributed by atoms with van der Waals surface area (Å²) in [6, 6.07) is 6.42. The molecule has 0 aliphatic heterocycles. The van der Waals surface area contributed by atoms with Gasteiger partial charge in [0.25, 0.3) is 0 Å². The van der Waals surface area contributed by atoms with E-state index in [2.05, 4.69) is 0 Å². The van der Waals surface area contributed by atoms with E-state index in [1.54, 1.807) is 31.2 Å². The lowest BCUT2D eigenvalue weighted by atomic mass is 10.3. The van der Waals surface area contributed by atoms with Gasteiger partial charge in [-0.3, -0.25) is 0 Å². The maximum absolute atomic E-state index is 9.34. The molecule has 0 fully saturated rings. The van der Waals surface area contributed by atoms with E-state index >= 15 is 0 Å². The number of quaternary nitrogens is 1. The van der Waals surface area contributed by atoms with Crippen LogP contribution in [0, 0.1) is 0 Å². The Morgan fingerprint density at radius 3 is 2.17 bits per heavy atom. The second kappa shape index (κ2) is 3.10. The molecule has 4 heteroatoms. The highest BCUT2D eigenvalue weighted by molar-refractivity contribution is 5.48. The molecule has 4 N–H and O–H groups in total. The van der Waals surface area contributed by atoms with Crippen LogP contribution in [0.5, 0.6) is 0 Å². The van der Waals surface area contributed by atoms with Crippen LogP contribution in [-0.2, 0) is 0 Å². The van der Waals surface area contributed by atoms with E-state index in [1.165, 1.54) is 0 Å². The summed E-state index contributed by atoms with van der Waals surface area (Å²) in [5.41, 5.74) is 6.46. The molecule has 0 aliphatic rings. The first kappa shape index (κ1) is 8.99. The molecule has 1 rings (SSSR count). The van der Waals surface area contributed by atoms with E-state index < -0.39 is 4.81 Å². The van der Waals surface area contributed by atoms with Crippen molar-refractivity contribution in [3.63, 3.8) is 0 Å². The summed E-state index contributed by atoms with van der Waals surface area (Å²) in [4.78, 5) is -1.10. The monoisotopic (exact) mass is 169 g/mol. The van der Waals surface area contributed by atoms with Crippen molar-refractivity contribution in [2.24, 2.45) is 0 Å². The lowest BCUT2D eigenvalue weighted by molar-refractivity contribution is -0.287. The van der Waals surface area contributed by atoms with Crippen molar-refractivity contribution in [2.45, 2.75) is 6.92 Å². The molecule has 0 aromatic heterocycles. The van der Waals surface area contributed by atoms with E-state index in [9.17, 15) is 10.4 Å². The van der Waals surface area contributed by atoms with Gasteiger partial charge in [0.2, 0.25) is 0 Å². The second-order valence-electron chi connectivity index (χ2n) is 2.64. The van der Waals surface area contributed by atoms with E-state index in [0.29, 0.717) is 11.4 Å². The molecular formula is C8H13N2O2+.